The molecule has 0 bridgehead atoms. The lowest BCUT2D eigenvalue weighted by Gasteiger charge is -2.29. The lowest BCUT2D eigenvalue weighted by molar-refractivity contribution is 0.199. The summed E-state index contributed by atoms with van der Waals surface area (Å²) in [5, 5.41) is 4.56. The number of anilines is 1. The third-order valence-corrected chi connectivity index (χ3v) is 4.98. The highest BCUT2D eigenvalue weighted by Gasteiger charge is 2.24. The van der Waals surface area contributed by atoms with Crippen molar-refractivity contribution in [2.75, 3.05) is 51.8 Å². The molecule has 0 radical (unpaired) electrons. The van der Waals surface area contributed by atoms with E-state index in [2.05, 4.69) is 34.1 Å². The monoisotopic (exact) mass is 312 g/mol. The topological polar surface area (TPSA) is 40.6 Å². The number of nitrogens with zero attached hydrogens (tertiary/aromatic N) is 3. The molecular formula is C15H28N4OS. The maximum atomic E-state index is 5.05. The average molecular weight is 312 g/mol. The fraction of sp³-hybridized carbons (Fsp3) is 0.800. The number of aromatic nitrogens is 1. The molecule has 0 spiro atoms. The van der Waals surface area contributed by atoms with E-state index in [1.165, 1.54) is 29.4 Å². The van der Waals surface area contributed by atoms with Gasteiger partial charge in [-0.15, -0.1) is 11.3 Å². The Bertz CT molecular complexity index is 412. The number of rotatable bonds is 7. The molecule has 21 heavy (non-hydrogen) atoms. The van der Waals surface area contributed by atoms with E-state index in [4.69, 9.17) is 4.74 Å². The molecule has 1 unspecified atom stereocenters. The van der Waals surface area contributed by atoms with Crippen molar-refractivity contribution in [3.05, 3.63) is 11.1 Å². The van der Waals surface area contributed by atoms with Gasteiger partial charge in [0.05, 0.1) is 6.61 Å². The summed E-state index contributed by atoms with van der Waals surface area (Å²) in [6.45, 7) is 8.23. The van der Waals surface area contributed by atoms with Crippen LogP contribution >= 0.6 is 11.3 Å². The molecule has 2 heterocycles. The van der Waals surface area contributed by atoms with Gasteiger partial charge in [-0.3, -0.25) is 0 Å². The number of thiazole rings is 1. The van der Waals surface area contributed by atoms with Crippen molar-refractivity contribution in [3.63, 3.8) is 0 Å². The maximum absolute atomic E-state index is 5.05. The Morgan fingerprint density at radius 3 is 3.10 bits per heavy atom. The average Bonchev–Trinajstić information content (AvgIpc) is 2.86. The SMILES string of the molecule is CCC1CN(C)CCCN1c1ncc(CNCCOC)s1. The minimum atomic E-state index is 0.581. The summed E-state index contributed by atoms with van der Waals surface area (Å²) in [6.07, 6.45) is 4.40. The molecule has 1 aliphatic heterocycles. The first-order valence-corrected chi connectivity index (χ1v) is 8.65. The summed E-state index contributed by atoms with van der Waals surface area (Å²) >= 11 is 1.82. The Morgan fingerprint density at radius 1 is 1.48 bits per heavy atom. The largest absolute Gasteiger partial charge is 0.383 e. The molecular weight excluding hydrogens is 284 g/mol. The van der Waals surface area contributed by atoms with Crippen molar-refractivity contribution in [2.45, 2.75) is 32.4 Å². The Hall–Kier alpha value is -0.690. The third kappa shape index (κ3) is 4.92. The molecule has 1 fully saturated rings. The van der Waals surface area contributed by atoms with Crippen LogP contribution in [0.15, 0.2) is 6.20 Å². The number of methoxy groups -OCH3 is 1. The van der Waals surface area contributed by atoms with Crippen LogP contribution in [0.4, 0.5) is 5.13 Å². The minimum absolute atomic E-state index is 0.581. The molecule has 120 valence electrons. The van der Waals surface area contributed by atoms with Crippen LogP contribution in [-0.2, 0) is 11.3 Å². The second-order valence-corrected chi connectivity index (χ2v) is 6.74. The molecule has 0 aromatic carbocycles. The maximum Gasteiger partial charge on any atom is 0.185 e. The smallest absolute Gasteiger partial charge is 0.185 e. The highest BCUT2D eigenvalue weighted by molar-refractivity contribution is 7.15. The van der Waals surface area contributed by atoms with Gasteiger partial charge in [0.2, 0.25) is 0 Å². The first-order chi connectivity index (χ1) is 10.2. The summed E-state index contributed by atoms with van der Waals surface area (Å²) in [7, 11) is 3.95. The van der Waals surface area contributed by atoms with E-state index < -0.39 is 0 Å². The molecule has 2 rings (SSSR count). The molecule has 1 aromatic heterocycles. The Morgan fingerprint density at radius 2 is 2.33 bits per heavy atom. The first-order valence-electron chi connectivity index (χ1n) is 7.84. The van der Waals surface area contributed by atoms with Crippen molar-refractivity contribution >= 4 is 16.5 Å². The molecule has 0 saturated carbocycles. The van der Waals surface area contributed by atoms with Gasteiger partial charge in [-0.1, -0.05) is 6.92 Å². The van der Waals surface area contributed by atoms with Gasteiger partial charge in [-0.05, 0) is 26.4 Å². The van der Waals surface area contributed by atoms with Gasteiger partial charge in [0, 0.05) is 50.4 Å². The lowest BCUT2D eigenvalue weighted by Crippen LogP contribution is -2.39. The van der Waals surface area contributed by atoms with Crippen molar-refractivity contribution < 1.29 is 4.74 Å². The van der Waals surface area contributed by atoms with Crippen molar-refractivity contribution in [1.29, 1.82) is 0 Å². The first kappa shape index (κ1) is 16.7. The fourth-order valence-electron chi connectivity index (χ4n) is 2.74. The number of nitrogens with one attached hydrogen (secondary N) is 1. The summed E-state index contributed by atoms with van der Waals surface area (Å²) < 4.78 is 5.05. The second-order valence-electron chi connectivity index (χ2n) is 5.65. The van der Waals surface area contributed by atoms with Crippen molar-refractivity contribution in [3.8, 4) is 0 Å². The van der Waals surface area contributed by atoms with Crippen molar-refractivity contribution in [1.82, 2.24) is 15.2 Å². The molecule has 0 aliphatic carbocycles. The zero-order valence-electron chi connectivity index (χ0n) is 13.5. The predicted molar refractivity (Wildman–Crippen MR) is 89.2 cm³/mol. The molecule has 1 aliphatic rings. The van der Waals surface area contributed by atoms with Gasteiger partial charge in [-0.25, -0.2) is 4.98 Å². The van der Waals surface area contributed by atoms with Gasteiger partial charge in [-0.2, -0.15) is 0 Å². The molecule has 6 heteroatoms. The molecule has 1 N–H and O–H groups in total. The van der Waals surface area contributed by atoms with Crippen LogP contribution in [0.1, 0.15) is 24.6 Å². The van der Waals surface area contributed by atoms with Crippen molar-refractivity contribution in [2.24, 2.45) is 0 Å². The van der Waals surface area contributed by atoms with Crippen LogP contribution in [0.3, 0.4) is 0 Å². The number of hydrogen-bond donors (Lipinski definition) is 1. The molecule has 1 aromatic rings. The van der Waals surface area contributed by atoms with Gasteiger partial charge >= 0.3 is 0 Å². The summed E-state index contributed by atoms with van der Waals surface area (Å²) in [4.78, 5) is 10.9. The van der Waals surface area contributed by atoms with Gasteiger partial charge in [0.15, 0.2) is 5.13 Å². The minimum Gasteiger partial charge on any atom is -0.383 e. The fourth-order valence-corrected chi connectivity index (χ4v) is 3.72. The quantitative estimate of drug-likeness (QED) is 0.778. The zero-order chi connectivity index (χ0) is 15.1. The molecule has 5 nitrogen and oxygen atoms in total. The van der Waals surface area contributed by atoms with E-state index in [9.17, 15) is 0 Å². The Labute approximate surface area is 132 Å². The van der Waals surface area contributed by atoms with Gasteiger partial charge in [0.1, 0.15) is 0 Å². The number of likely N-dealkylation sites (N-methyl/N-ethyl adjacent to an activating group) is 1. The summed E-state index contributed by atoms with van der Waals surface area (Å²) in [5.41, 5.74) is 0. The van der Waals surface area contributed by atoms with E-state index >= 15 is 0 Å². The van der Waals surface area contributed by atoms with Crippen LogP contribution in [0.2, 0.25) is 0 Å². The van der Waals surface area contributed by atoms with Crippen LogP contribution in [0.25, 0.3) is 0 Å². The normalized spacial score (nSPS) is 20.7. The third-order valence-electron chi connectivity index (χ3n) is 3.94. The highest BCUT2D eigenvalue weighted by Crippen LogP contribution is 2.27. The van der Waals surface area contributed by atoms with Crippen LogP contribution in [0, 0.1) is 0 Å². The van der Waals surface area contributed by atoms with E-state index in [0.29, 0.717) is 6.04 Å². The summed E-state index contributed by atoms with van der Waals surface area (Å²) in [6, 6.07) is 0.581. The van der Waals surface area contributed by atoms with Crippen LogP contribution in [0.5, 0.6) is 0 Å². The molecule has 1 saturated heterocycles. The van der Waals surface area contributed by atoms with E-state index in [-0.39, 0.29) is 0 Å². The number of hydrogen-bond acceptors (Lipinski definition) is 6. The Kier molecular flexibility index (Phi) is 6.89. The molecule has 1 atom stereocenters. The second kappa shape index (κ2) is 8.68. The van der Waals surface area contributed by atoms with Gasteiger partial charge < -0.3 is 19.9 Å². The zero-order valence-corrected chi connectivity index (χ0v) is 14.3. The highest BCUT2D eigenvalue weighted by atomic mass is 32.1. The Balaban J connectivity index is 1.94. The molecule has 0 amide bonds. The van der Waals surface area contributed by atoms with Gasteiger partial charge in [0.25, 0.3) is 0 Å². The van der Waals surface area contributed by atoms with E-state index in [1.54, 1.807) is 7.11 Å². The number of ether oxygens (including phenoxy) is 1. The van der Waals surface area contributed by atoms with Crippen LogP contribution < -0.4 is 10.2 Å². The summed E-state index contributed by atoms with van der Waals surface area (Å²) in [5.74, 6) is 0. The van der Waals surface area contributed by atoms with Crippen LogP contribution in [-0.4, -0.2) is 62.9 Å². The van der Waals surface area contributed by atoms with E-state index in [0.717, 1.165) is 32.8 Å². The van der Waals surface area contributed by atoms with E-state index in [1.807, 2.05) is 17.5 Å². The predicted octanol–water partition coefficient (Wildman–Crippen LogP) is 1.80. The standard InChI is InChI=1S/C15H28N4OS/c1-4-13-12-18(2)7-5-8-19(13)15-17-11-14(21-15)10-16-6-9-20-3/h11,13,16H,4-10,12H2,1-3H3. The lowest BCUT2D eigenvalue weighted by atomic mass is 10.2.